The van der Waals surface area contributed by atoms with Crippen LogP contribution in [0, 0.1) is 25.5 Å². The van der Waals surface area contributed by atoms with E-state index in [2.05, 4.69) is 19.8 Å². The lowest BCUT2D eigenvalue weighted by Gasteiger charge is -2.24. The van der Waals surface area contributed by atoms with Crippen molar-refractivity contribution >= 4 is 81.8 Å². The number of aryl methyl sites for hydroxylation is 2. The van der Waals surface area contributed by atoms with Gasteiger partial charge >= 0.3 is 0 Å². The van der Waals surface area contributed by atoms with Crippen molar-refractivity contribution in [1.29, 1.82) is 0 Å². The summed E-state index contributed by atoms with van der Waals surface area (Å²) in [6.45, 7) is 9.06. The van der Waals surface area contributed by atoms with Gasteiger partial charge in [0.05, 0.1) is 58.7 Å². The fourth-order valence-corrected chi connectivity index (χ4v) is 6.96. The number of para-hydroxylation sites is 2. The zero-order valence-corrected chi connectivity index (χ0v) is 31.1. The summed E-state index contributed by atoms with van der Waals surface area (Å²) in [5, 5.41) is 1.10. The van der Waals surface area contributed by atoms with Crippen molar-refractivity contribution in [2.45, 2.75) is 13.8 Å². The van der Waals surface area contributed by atoms with Crippen LogP contribution in [0.1, 0.15) is 11.1 Å². The number of ether oxygens (including phenoxy) is 1. The van der Waals surface area contributed by atoms with E-state index < -0.39 is 0 Å². The van der Waals surface area contributed by atoms with Crippen molar-refractivity contribution in [3.05, 3.63) is 106 Å². The highest BCUT2D eigenvalue weighted by molar-refractivity contribution is 7.99. The van der Waals surface area contributed by atoms with Gasteiger partial charge in [-0.05, 0) is 73.5 Å². The number of anilines is 4. The molecule has 264 valence electrons. The van der Waals surface area contributed by atoms with Gasteiger partial charge in [0.1, 0.15) is 11.6 Å². The summed E-state index contributed by atoms with van der Waals surface area (Å²) in [4.78, 5) is 17.0. The molecule has 12 heteroatoms. The molecular weight excluding hydrogens is 697 g/mol. The molecule has 2 aliphatic rings. The molecule has 0 atom stereocenters. The zero-order valence-electron chi connectivity index (χ0n) is 28.8. The van der Waals surface area contributed by atoms with E-state index in [1.807, 2.05) is 93.7 Å². The summed E-state index contributed by atoms with van der Waals surface area (Å²) in [6.07, 6.45) is 3.68. The van der Waals surface area contributed by atoms with Gasteiger partial charge in [-0.2, -0.15) is 11.8 Å². The minimum absolute atomic E-state index is 0.259. The Morgan fingerprint density at radius 2 is 1.08 bits per heavy atom. The zero-order chi connectivity index (χ0) is 35.6. The van der Waals surface area contributed by atoms with Crippen molar-refractivity contribution in [2.24, 2.45) is 9.98 Å². The minimum Gasteiger partial charge on any atom is -0.378 e. The Morgan fingerprint density at radius 1 is 0.660 bits per heavy atom. The Hall–Kier alpha value is -3.83. The van der Waals surface area contributed by atoms with Crippen LogP contribution in [0.3, 0.4) is 0 Å². The van der Waals surface area contributed by atoms with Crippen LogP contribution in [-0.2, 0) is 4.74 Å². The summed E-state index contributed by atoms with van der Waals surface area (Å²) < 4.78 is 33.4. The van der Waals surface area contributed by atoms with Gasteiger partial charge in [0, 0.05) is 63.2 Å². The molecule has 2 saturated heterocycles. The Balaban J connectivity index is 0.000000194. The van der Waals surface area contributed by atoms with Crippen LogP contribution in [0.25, 0.3) is 0 Å². The van der Waals surface area contributed by atoms with Gasteiger partial charge in [-0.15, -0.1) is 0 Å². The van der Waals surface area contributed by atoms with E-state index in [4.69, 9.17) is 27.9 Å². The van der Waals surface area contributed by atoms with Crippen LogP contribution in [0.15, 0.2) is 82.8 Å². The molecule has 0 bridgehead atoms. The van der Waals surface area contributed by atoms with Gasteiger partial charge in [-0.1, -0.05) is 47.5 Å². The van der Waals surface area contributed by atoms with Gasteiger partial charge in [-0.25, -0.2) is 18.8 Å². The Labute approximate surface area is 308 Å². The fourth-order valence-electron chi connectivity index (χ4n) is 5.61. The molecule has 2 aliphatic heterocycles. The maximum atomic E-state index is 14.1. The molecule has 0 spiro atoms. The molecule has 0 saturated carbocycles. The van der Waals surface area contributed by atoms with Crippen molar-refractivity contribution in [1.82, 2.24) is 9.80 Å². The van der Waals surface area contributed by atoms with Gasteiger partial charge in [0.2, 0.25) is 0 Å². The Bertz CT molecular complexity index is 1680. The quantitative estimate of drug-likeness (QED) is 0.133. The molecule has 2 heterocycles. The van der Waals surface area contributed by atoms with Crippen LogP contribution in [0.2, 0.25) is 10.0 Å². The summed E-state index contributed by atoms with van der Waals surface area (Å²) in [5.74, 6) is 1.73. The molecule has 0 amide bonds. The summed E-state index contributed by atoms with van der Waals surface area (Å²) in [6, 6.07) is 20.9. The number of hydrogen-bond donors (Lipinski definition) is 0. The topological polar surface area (TPSA) is 46.9 Å². The summed E-state index contributed by atoms with van der Waals surface area (Å²) in [5.41, 5.74) is 6.15. The molecular formula is C38H42Cl2F2N6OS. The van der Waals surface area contributed by atoms with E-state index in [1.165, 1.54) is 12.1 Å². The van der Waals surface area contributed by atoms with Crippen molar-refractivity contribution in [3.63, 3.8) is 0 Å². The van der Waals surface area contributed by atoms with E-state index in [0.29, 0.717) is 40.3 Å². The number of morpholine rings is 1. The predicted octanol–water partition coefficient (Wildman–Crippen LogP) is 9.81. The minimum atomic E-state index is -0.269. The largest absolute Gasteiger partial charge is 0.378 e. The molecule has 2 fully saturated rings. The highest BCUT2D eigenvalue weighted by atomic mass is 35.5. The van der Waals surface area contributed by atoms with Gasteiger partial charge in [-0.3, -0.25) is 0 Å². The highest BCUT2D eigenvalue weighted by Crippen LogP contribution is 2.37. The average Bonchev–Trinajstić information content (AvgIpc) is 3.13. The summed E-state index contributed by atoms with van der Waals surface area (Å²) >= 11 is 14.8. The van der Waals surface area contributed by atoms with Crippen LogP contribution >= 0.6 is 35.0 Å². The number of hydrogen-bond acceptors (Lipinski definition) is 6. The first kappa shape index (κ1) is 37.4. The monoisotopic (exact) mass is 738 g/mol. The maximum absolute atomic E-state index is 14.1. The number of thioether (sulfide) groups is 1. The molecule has 4 aromatic carbocycles. The third-order valence-electron chi connectivity index (χ3n) is 8.49. The maximum Gasteiger partial charge on any atom is 0.146 e. The van der Waals surface area contributed by atoms with Crippen LogP contribution in [0.4, 0.5) is 42.9 Å². The number of nitrogens with zero attached hydrogens (tertiary/aromatic N) is 6. The molecule has 0 radical (unpaired) electrons. The molecule has 0 aromatic heterocycles. The van der Waals surface area contributed by atoms with Crippen molar-refractivity contribution < 1.29 is 13.5 Å². The van der Waals surface area contributed by atoms with E-state index in [-0.39, 0.29) is 11.6 Å². The highest BCUT2D eigenvalue weighted by Gasteiger charge is 2.16. The molecule has 0 unspecified atom stereocenters. The molecule has 0 aliphatic carbocycles. The first-order chi connectivity index (χ1) is 24.1. The molecule has 7 nitrogen and oxygen atoms in total. The lowest BCUT2D eigenvalue weighted by Crippen LogP contribution is -2.34. The average molecular weight is 740 g/mol. The second kappa shape index (κ2) is 17.9. The lowest BCUT2D eigenvalue weighted by molar-refractivity contribution is 0.0701. The smallest absolute Gasteiger partial charge is 0.146 e. The third kappa shape index (κ3) is 9.69. The SMILES string of the molecule is Cc1cc(N=CN2CCOCC2)c(Cl)cc1N(C)c1ccccc1F.Cc1cc(N=CN2CCSCC2)c(Cl)cc1N(C)c1ccccc1F. The van der Waals surface area contributed by atoms with Gasteiger partial charge in [0.15, 0.2) is 0 Å². The van der Waals surface area contributed by atoms with E-state index in [0.717, 1.165) is 65.9 Å². The number of halogens is 4. The van der Waals surface area contributed by atoms with Crippen LogP contribution in [0.5, 0.6) is 0 Å². The lowest BCUT2D eigenvalue weighted by atomic mass is 10.1. The Morgan fingerprint density at radius 3 is 1.52 bits per heavy atom. The first-order valence-electron chi connectivity index (χ1n) is 16.4. The molecule has 4 aromatic rings. The van der Waals surface area contributed by atoms with Gasteiger partial charge in [0.25, 0.3) is 0 Å². The van der Waals surface area contributed by atoms with Crippen molar-refractivity contribution in [3.8, 4) is 0 Å². The van der Waals surface area contributed by atoms with E-state index in [1.54, 1.807) is 29.2 Å². The number of aliphatic imine (C=N–C) groups is 2. The van der Waals surface area contributed by atoms with Gasteiger partial charge < -0.3 is 24.3 Å². The second-order valence-electron chi connectivity index (χ2n) is 12.0. The Kier molecular flexibility index (Phi) is 13.4. The van der Waals surface area contributed by atoms with E-state index in [9.17, 15) is 8.78 Å². The third-order valence-corrected chi connectivity index (χ3v) is 10.0. The summed E-state index contributed by atoms with van der Waals surface area (Å²) in [7, 11) is 3.67. The van der Waals surface area contributed by atoms with E-state index >= 15 is 0 Å². The fraction of sp³-hybridized carbons (Fsp3) is 0.316. The second-order valence-corrected chi connectivity index (χ2v) is 14.0. The standard InChI is InChI=1S/C19H21ClFN3O.C19H21ClFN3S/c2*1-14-11-17(22-13-24-7-9-25-10-8-24)15(20)12-19(14)23(2)18-6-4-3-5-16(18)21/h2*3-6,11-13H,7-10H2,1-2H3. The molecule has 6 rings (SSSR count). The molecule has 50 heavy (non-hydrogen) atoms. The van der Waals surface area contributed by atoms with Crippen LogP contribution < -0.4 is 9.80 Å². The number of rotatable bonds is 8. The van der Waals surface area contributed by atoms with Crippen LogP contribution in [-0.4, -0.2) is 87.5 Å². The predicted molar refractivity (Wildman–Crippen MR) is 209 cm³/mol. The molecule has 0 N–H and O–H groups in total. The number of benzene rings is 4. The first-order valence-corrected chi connectivity index (χ1v) is 18.3. The normalized spacial score (nSPS) is 15.0. The van der Waals surface area contributed by atoms with Crippen molar-refractivity contribution in [2.75, 3.05) is 74.8 Å².